The van der Waals surface area contributed by atoms with E-state index >= 15 is 0 Å². The van der Waals surface area contributed by atoms with Crippen LogP contribution in [0.3, 0.4) is 0 Å². The number of alkyl halides is 2. The monoisotopic (exact) mass is 289 g/mol. The Bertz CT molecular complexity index is 354. The second-order valence-electron chi connectivity index (χ2n) is 3.11. The van der Waals surface area contributed by atoms with Crippen LogP contribution in [0.5, 0.6) is 5.75 Å². The van der Waals surface area contributed by atoms with Gasteiger partial charge in [0.2, 0.25) is 0 Å². The topological polar surface area (TPSA) is 35.2 Å². The first kappa shape index (κ1) is 16.4. The second-order valence-corrected chi connectivity index (χ2v) is 3.51. The van der Waals surface area contributed by atoms with Gasteiger partial charge in [-0.2, -0.15) is 0 Å². The van der Waals surface area contributed by atoms with Gasteiger partial charge < -0.3 is 10.5 Å². The van der Waals surface area contributed by atoms with Crippen molar-refractivity contribution in [3.63, 3.8) is 0 Å². The van der Waals surface area contributed by atoms with Crippen molar-refractivity contribution in [1.29, 1.82) is 0 Å². The van der Waals surface area contributed by atoms with Crippen molar-refractivity contribution in [1.82, 2.24) is 0 Å². The summed E-state index contributed by atoms with van der Waals surface area (Å²) < 4.78 is 42.9. The van der Waals surface area contributed by atoms with Crippen molar-refractivity contribution in [2.45, 2.75) is 19.4 Å². The zero-order chi connectivity index (χ0) is 12.3. The van der Waals surface area contributed by atoms with Gasteiger partial charge in [-0.05, 0) is 24.6 Å². The summed E-state index contributed by atoms with van der Waals surface area (Å²) in [7, 11) is 0. The highest BCUT2D eigenvalue weighted by atomic mass is 35.5. The maximum Gasteiger partial charge on any atom is 0.257 e. The van der Waals surface area contributed by atoms with E-state index in [1.165, 1.54) is 6.07 Å². The van der Waals surface area contributed by atoms with E-state index in [1.807, 2.05) is 0 Å². The van der Waals surface area contributed by atoms with Gasteiger partial charge in [-0.3, -0.25) is 0 Å². The van der Waals surface area contributed by atoms with Crippen LogP contribution in [0.15, 0.2) is 12.1 Å². The van der Waals surface area contributed by atoms with Crippen LogP contribution < -0.4 is 10.5 Å². The number of hydrogen-bond donors (Lipinski definition) is 1. The van der Waals surface area contributed by atoms with E-state index in [0.29, 0.717) is 0 Å². The Morgan fingerprint density at radius 1 is 1.41 bits per heavy atom. The minimum absolute atomic E-state index is 0. The van der Waals surface area contributed by atoms with Gasteiger partial charge in [-0.1, -0.05) is 11.6 Å². The van der Waals surface area contributed by atoms with Crippen molar-refractivity contribution < 1.29 is 17.9 Å². The quantitative estimate of drug-likeness (QED) is 0.920. The molecule has 0 aliphatic carbocycles. The third-order valence-corrected chi connectivity index (χ3v) is 2.25. The summed E-state index contributed by atoms with van der Waals surface area (Å²) in [6, 6.07) is 0.544. The minimum Gasteiger partial charge on any atom is -0.489 e. The lowest BCUT2D eigenvalue weighted by Gasteiger charge is -2.13. The fraction of sp³-hybridized carbons (Fsp3) is 0.400. The van der Waals surface area contributed by atoms with Crippen molar-refractivity contribution in [3.05, 3.63) is 28.5 Å². The van der Waals surface area contributed by atoms with Crippen LogP contribution in [-0.2, 0) is 0 Å². The number of halogens is 5. The summed E-state index contributed by atoms with van der Waals surface area (Å²) in [4.78, 5) is 0. The zero-order valence-corrected chi connectivity index (χ0v) is 10.5. The Morgan fingerprint density at radius 2 is 2.00 bits per heavy atom. The predicted molar refractivity (Wildman–Crippen MR) is 62.8 cm³/mol. The van der Waals surface area contributed by atoms with Gasteiger partial charge in [0.1, 0.15) is 0 Å². The Balaban J connectivity index is 0.00000256. The molecule has 2 N–H and O–H groups in total. The molecule has 98 valence electrons. The average molecular weight is 290 g/mol. The molecule has 0 unspecified atom stereocenters. The Kier molecular flexibility index (Phi) is 6.67. The lowest BCUT2D eigenvalue weighted by molar-refractivity contribution is 0.116. The van der Waals surface area contributed by atoms with Gasteiger partial charge in [-0.15, -0.1) is 12.4 Å². The average Bonchev–Trinajstić information content (AvgIpc) is 2.21. The molecular weight excluding hydrogens is 278 g/mol. The maximum absolute atomic E-state index is 13.4. The van der Waals surface area contributed by atoms with Gasteiger partial charge in [0.15, 0.2) is 11.6 Å². The summed E-state index contributed by atoms with van der Waals surface area (Å²) in [5.41, 5.74) is 5.13. The fourth-order valence-electron chi connectivity index (χ4n) is 1.20. The van der Waals surface area contributed by atoms with E-state index in [-0.39, 0.29) is 35.3 Å². The molecular formula is C10H12Cl2F3NO. The second kappa shape index (κ2) is 6.93. The standard InChI is InChI=1S/C10H11ClF3NO.ClH/c1-2-16-9-6(11)3-5(4-7(9)12)8(15)10(13)14;/h3-4,8,10H,2,15H2,1H3;1H/t8-;/m1./s1. The number of rotatable bonds is 4. The largest absolute Gasteiger partial charge is 0.489 e. The van der Waals surface area contributed by atoms with Crippen LogP contribution >= 0.6 is 24.0 Å². The highest BCUT2D eigenvalue weighted by molar-refractivity contribution is 6.32. The van der Waals surface area contributed by atoms with Crippen molar-refractivity contribution in [3.8, 4) is 5.75 Å². The summed E-state index contributed by atoms with van der Waals surface area (Å²) in [5.74, 6) is -0.935. The maximum atomic E-state index is 13.4. The smallest absolute Gasteiger partial charge is 0.257 e. The lowest BCUT2D eigenvalue weighted by atomic mass is 10.1. The molecule has 0 spiro atoms. The molecule has 0 amide bonds. The van der Waals surface area contributed by atoms with Crippen LogP contribution in [0.25, 0.3) is 0 Å². The van der Waals surface area contributed by atoms with Crippen molar-refractivity contribution in [2.75, 3.05) is 6.61 Å². The molecule has 1 aromatic rings. The van der Waals surface area contributed by atoms with E-state index in [4.69, 9.17) is 22.1 Å². The van der Waals surface area contributed by atoms with Crippen molar-refractivity contribution >= 4 is 24.0 Å². The molecule has 1 rings (SSSR count). The van der Waals surface area contributed by atoms with Crippen LogP contribution in [0, 0.1) is 5.82 Å². The first-order chi connectivity index (χ1) is 7.47. The highest BCUT2D eigenvalue weighted by Gasteiger charge is 2.21. The van der Waals surface area contributed by atoms with E-state index in [1.54, 1.807) is 6.92 Å². The van der Waals surface area contributed by atoms with Crippen LogP contribution in [-0.4, -0.2) is 13.0 Å². The van der Waals surface area contributed by atoms with E-state index < -0.39 is 18.3 Å². The van der Waals surface area contributed by atoms with Crippen molar-refractivity contribution in [2.24, 2.45) is 5.73 Å². The molecule has 1 aromatic carbocycles. The number of hydrogen-bond acceptors (Lipinski definition) is 2. The number of nitrogens with two attached hydrogens (primary N) is 1. The van der Waals surface area contributed by atoms with Gasteiger partial charge >= 0.3 is 0 Å². The lowest BCUT2D eigenvalue weighted by Crippen LogP contribution is -2.19. The van der Waals surface area contributed by atoms with Gasteiger partial charge in [-0.25, -0.2) is 13.2 Å². The summed E-state index contributed by atoms with van der Waals surface area (Å²) >= 11 is 5.70. The van der Waals surface area contributed by atoms with E-state index in [9.17, 15) is 13.2 Å². The summed E-state index contributed by atoms with van der Waals surface area (Å²) in [5, 5.41) is -0.0621. The summed E-state index contributed by atoms with van der Waals surface area (Å²) in [6.07, 6.45) is -2.77. The van der Waals surface area contributed by atoms with Crippen LogP contribution in [0.1, 0.15) is 18.5 Å². The minimum atomic E-state index is -2.77. The van der Waals surface area contributed by atoms with E-state index in [0.717, 1.165) is 6.07 Å². The van der Waals surface area contributed by atoms with Crippen LogP contribution in [0.2, 0.25) is 5.02 Å². The molecule has 0 saturated heterocycles. The molecule has 17 heavy (non-hydrogen) atoms. The molecule has 0 fully saturated rings. The predicted octanol–water partition coefficient (Wildman–Crippen LogP) is 3.56. The third-order valence-electron chi connectivity index (χ3n) is 1.97. The highest BCUT2D eigenvalue weighted by Crippen LogP contribution is 2.32. The third kappa shape index (κ3) is 3.94. The Morgan fingerprint density at radius 3 is 2.41 bits per heavy atom. The zero-order valence-electron chi connectivity index (χ0n) is 8.92. The fourth-order valence-corrected chi connectivity index (χ4v) is 1.47. The van der Waals surface area contributed by atoms with Gasteiger partial charge in [0.05, 0.1) is 17.7 Å². The molecule has 0 aliphatic heterocycles. The van der Waals surface area contributed by atoms with Gasteiger partial charge in [0.25, 0.3) is 6.43 Å². The number of ether oxygens (including phenoxy) is 1. The van der Waals surface area contributed by atoms with Gasteiger partial charge in [0, 0.05) is 0 Å². The normalized spacial score (nSPS) is 12.2. The molecule has 0 aromatic heterocycles. The molecule has 7 heteroatoms. The summed E-state index contributed by atoms with van der Waals surface area (Å²) in [6.45, 7) is 1.89. The SMILES string of the molecule is CCOc1c(F)cc([C@@H](N)C(F)F)cc1Cl.Cl. The van der Waals surface area contributed by atoms with Crippen LogP contribution in [0.4, 0.5) is 13.2 Å². The molecule has 0 heterocycles. The number of benzene rings is 1. The molecule has 1 atom stereocenters. The molecule has 0 radical (unpaired) electrons. The first-order valence-corrected chi connectivity index (χ1v) is 5.00. The molecule has 2 nitrogen and oxygen atoms in total. The van der Waals surface area contributed by atoms with E-state index in [2.05, 4.69) is 0 Å². The Labute approximate surface area is 108 Å². The molecule has 0 aliphatic rings. The Hall–Kier alpha value is -0.650. The molecule has 0 bridgehead atoms. The molecule has 0 saturated carbocycles. The first-order valence-electron chi connectivity index (χ1n) is 4.62.